The second-order valence-corrected chi connectivity index (χ2v) is 8.53. The van der Waals surface area contributed by atoms with E-state index in [1.165, 1.54) is 0 Å². The second-order valence-electron chi connectivity index (χ2n) is 8.53. The van der Waals surface area contributed by atoms with Crippen molar-refractivity contribution < 1.29 is 9.59 Å². The number of carbonyl (C=O) groups is 2. The Morgan fingerprint density at radius 3 is 2.45 bits per heavy atom. The summed E-state index contributed by atoms with van der Waals surface area (Å²) in [6.45, 7) is 7.49. The topological polar surface area (TPSA) is 55.9 Å². The van der Waals surface area contributed by atoms with E-state index in [1.807, 2.05) is 48.2 Å². The van der Waals surface area contributed by atoms with Crippen LogP contribution in [0.1, 0.15) is 40.9 Å². The molecule has 1 saturated heterocycles. The molecule has 1 fully saturated rings. The first-order valence-electron chi connectivity index (χ1n) is 11.2. The van der Waals surface area contributed by atoms with Gasteiger partial charge in [0.1, 0.15) is 0 Å². The molecule has 2 aliphatic rings. The number of amides is 2. The lowest BCUT2D eigenvalue weighted by molar-refractivity contribution is -0.118. The summed E-state index contributed by atoms with van der Waals surface area (Å²) in [4.78, 5) is 31.9. The maximum Gasteiger partial charge on any atom is 0.251 e. The predicted molar refractivity (Wildman–Crippen MR) is 123 cm³/mol. The molecule has 2 amide bonds. The number of anilines is 1. The van der Waals surface area contributed by atoms with Crippen LogP contribution in [0.4, 0.5) is 5.69 Å². The van der Waals surface area contributed by atoms with Crippen molar-refractivity contribution in [2.45, 2.75) is 25.8 Å². The zero-order valence-corrected chi connectivity index (χ0v) is 18.5. The van der Waals surface area contributed by atoms with E-state index < -0.39 is 0 Å². The molecule has 0 radical (unpaired) electrons. The molecule has 2 heterocycles. The first kappa shape index (κ1) is 21.5. The van der Waals surface area contributed by atoms with Crippen LogP contribution in [0.3, 0.4) is 0 Å². The van der Waals surface area contributed by atoms with Gasteiger partial charge in [-0.2, -0.15) is 0 Å². The third kappa shape index (κ3) is 4.97. The molecule has 6 heteroatoms. The highest BCUT2D eigenvalue weighted by atomic mass is 16.2. The summed E-state index contributed by atoms with van der Waals surface area (Å²) in [7, 11) is 2.15. The monoisotopic (exact) mass is 420 g/mol. The van der Waals surface area contributed by atoms with Gasteiger partial charge in [-0.25, -0.2) is 0 Å². The van der Waals surface area contributed by atoms with Crippen molar-refractivity contribution >= 4 is 17.5 Å². The van der Waals surface area contributed by atoms with E-state index in [0.717, 1.165) is 56.0 Å². The number of nitrogens with one attached hydrogen (secondary N) is 1. The largest absolute Gasteiger partial charge is 0.344 e. The number of piperazine rings is 1. The van der Waals surface area contributed by atoms with Crippen molar-refractivity contribution in [1.29, 1.82) is 0 Å². The zero-order chi connectivity index (χ0) is 21.8. The standard InChI is InChI=1S/C25H32N4O2/c1-3-24(30)29-12-11-20-17-21(9-10-23(20)29)25(31)26-22(19-7-5-4-6-8-19)18-28-15-13-27(2)14-16-28/h4-10,17,22H,3,11-16,18H2,1-2H3,(H,26,31). The van der Waals surface area contributed by atoms with Gasteiger partial charge < -0.3 is 15.1 Å². The van der Waals surface area contributed by atoms with Crippen LogP contribution in [0.25, 0.3) is 0 Å². The number of likely N-dealkylation sites (N-methyl/N-ethyl adjacent to an activating group) is 1. The van der Waals surface area contributed by atoms with E-state index in [9.17, 15) is 9.59 Å². The Morgan fingerprint density at radius 2 is 1.74 bits per heavy atom. The smallest absolute Gasteiger partial charge is 0.251 e. The van der Waals surface area contributed by atoms with Gasteiger partial charge in [-0.1, -0.05) is 37.3 Å². The minimum absolute atomic E-state index is 0.0638. The van der Waals surface area contributed by atoms with Crippen molar-refractivity contribution in [3.63, 3.8) is 0 Å². The van der Waals surface area contributed by atoms with Gasteiger partial charge in [0.15, 0.2) is 0 Å². The van der Waals surface area contributed by atoms with Gasteiger partial charge >= 0.3 is 0 Å². The summed E-state index contributed by atoms with van der Waals surface area (Å²) in [5.41, 5.74) is 3.80. The summed E-state index contributed by atoms with van der Waals surface area (Å²) in [5, 5.41) is 3.27. The molecule has 1 unspecified atom stereocenters. The van der Waals surface area contributed by atoms with E-state index in [4.69, 9.17) is 0 Å². The SMILES string of the molecule is CCC(=O)N1CCc2cc(C(=O)NC(CN3CCN(C)CC3)c3ccccc3)ccc21. The lowest BCUT2D eigenvalue weighted by Crippen LogP contribution is -2.47. The Balaban J connectivity index is 1.49. The van der Waals surface area contributed by atoms with Crippen LogP contribution in [0.5, 0.6) is 0 Å². The van der Waals surface area contributed by atoms with Crippen molar-refractivity contribution in [1.82, 2.24) is 15.1 Å². The van der Waals surface area contributed by atoms with Crippen LogP contribution >= 0.6 is 0 Å². The molecule has 1 atom stereocenters. The molecule has 6 nitrogen and oxygen atoms in total. The molecule has 2 aliphatic heterocycles. The highest BCUT2D eigenvalue weighted by molar-refractivity contribution is 5.98. The van der Waals surface area contributed by atoms with Crippen LogP contribution in [-0.2, 0) is 11.2 Å². The van der Waals surface area contributed by atoms with Gasteiger partial charge in [0.25, 0.3) is 5.91 Å². The zero-order valence-electron chi connectivity index (χ0n) is 18.5. The first-order valence-corrected chi connectivity index (χ1v) is 11.2. The van der Waals surface area contributed by atoms with Crippen LogP contribution in [0.15, 0.2) is 48.5 Å². The van der Waals surface area contributed by atoms with Gasteiger partial charge in [0.05, 0.1) is 6.04 Å². The van der Waals surface area contributed by atoms with Crippen LogP contribution in [0, 0.1) is 0 Å². The number of fused-ring (bicyclic) bond motifs is 1. The molecular formula is C25H32N4O2. The molecule has 0 aliphatic carbocycles. The van der Waals surface area contributed by atoms with E-state index in [-0.39, 0.29) is 17.9 Å². The maximum absolute atomic E-state index is 13.2. The Morgan fingerprint density at radius 1 is 1.00 bits per heavy atom. The normalized spacial score (nSPS) is 17.9. The number of benzene rings is 2. The average Bonchev–Trinajstić information content (AvgIpc) is 3.23. The van der Waals surface area contributed by atoms with Gasteiger partial charge in [-0.3, -0.25) is 14.5 Å². The maximum atomic E-state index is 13.2. The molecule has 164 valence electrons. The van der Waals surface area contributed by atoms with E-state index in [2.05, 4.69) is 34.3 Å². The fraction of sp³-hybridized carbons (Fsp3) is 0.440. The van der Waals surface area contributed by atoms with Crippen molar-refractivity contribution in [2.24, 2.45) is 0 Å². The minimum Gasteiger partial charge on any atom is -0.344 e. The molecule has 2 aromatic carbocycles. The average molecular weight is 421 g/mol. The van der Waals surface area contributed by atoms with E-state index in [1.54, 1.807) is 0 Å². The molecule has 0 spiro atoms. The Labute approximate surface area is 184 Å². The Kier molecular flexibility index (Phi) is 6.68. The molecule has 2 aromatic rings. The molecule has 4 rings (SSSR count). The van der Waals surface area contributed by atoms with Gasteiger partial charge in [0.2, 0.25) is 5.91 Å². The third-order valence-electron chi connectivity index (χ3n) is 6.38. The van der Waals surface area contributed by atoms with Gasteiger partial charge in [-0.15, -0.1) is 0 Å². The van der Waals surface area contributed by atoms with Crippen LogP contribution in [0.2, 0.25) is 0 Å². The fourth-order valence-corrected chi connectivity index (χ4v) is 4.44. The van der Waals surface area contributed by atoms with Crippen LogP contribution < -0.4 is 10.2 Å². The van der Waals surface area contributed by atoms with Crippen molar-refractivity contribution in [3.8, 4) is 0 Å². The molecule has 1 N–H and O–H groups in total. The summed E-state index contributed by atoms with van der Waals surface area (Å²) in [6.07, 6.45) is 1.29. The Bertz CT molecular complexity index is 922. The van der Waals surface area contributed by atoms with E-state index in [0.29, 0.717) is 18.5 Å². The highest BCUT2D eigenvalue weighted by Crippen LogP contribution is 2.29. The van der Waals surface area contributed by atoms with Crippen LogP contribution in [-0.4, -0.2) is 67.9 Å². The molecule has 0 bridgehead atoms. The van der Waals surface area contributed by atoms with Crippen molar-refractivity contribution in [3.05, 3.63) is 65.2 Å². The number of rotatable bonds is 6. The molecule has 0 saturated carbocycles. The number of hydrogen-bond donors (Lipinski definition) is 1. The quantitative estimate of drug-likeness (QED) is 0.781. The first-order chi connectivity index (χ1) is 15.0. The minimum atomic E-state index is -0.0662. The summed E-state index contributed by atoms with van der Waals surface area (Å²) in [5.74, 6) is 0.0679. The molecule has 31 heavy (non-hydrogen) atoms. The lowest BCUT2D eigenvalue weighted by Gasteiger charge is -2.35. The van der Waals surface area contributed by atoms with E-state index >= 15 is 0 Å². The summed E-state index contributed by atoms with van der Waals surface area (Å²) < 4.78 is 0. The predicted octanol–water partition coefficient (Wildman–Crippen LogP) is 2.70. The molecular weight excluding hydrogens is 388 g/mol. The van der Waals surface area contributed by atoms with Crippen molar-refractivity contribution in [2.75, 3.05) is 51.2 Å². The second kappa shape index (κ2) is 9.62. The number of hydrogen-bond acceptors (Lipinski definition) is 4. The molecule has 0 aromatic heterocycles. The number of nitrogens with zero attached hydrogens (tertiary/aromatic N) is 3. The summed E-state index contributed by atoms with van der Waals surface area (Å²) >= 11 is 0. The highest BCUT2D eigenvalue weighted by Gasteiger charge is 2.26. The van der Waals surface area contributed by atoms with Gasteiger partial charge in [-0.05, 0) is 42.8 Å². The Hall–Kier alpha value is -2.70. The third-order valence-corrected chi connectivity index (χ3v) is 6.38. The number of carbonyl (C=O) groups excluding carboxylic acids is 2. The lowest BCUT2D eigenvalue weighted by atomic mass is 10.0. The fourth-order valence-electron chi connectivity index (χ4n) is 4.44. The van der Waals surface area contributed by atoms with Gasteiger partial charge in [0, 0.05) is 56.9 Å². The summed E-state index contributed by atoms with van der Waals surface area (Å²) in [6, 6.07) is 15.9.